The molecular weight excluding hydrogens is 376 g/mol. The van der Waals surface area contributed by atoms with E-state index < -0.39 is 5.91 Å². The molecule has 0 aliphatic heterocycles. The zero-order valence-corrected chi connectivity index (χ0v) is 16.9. The number of benzene rings is 3. The van der Waals surface area contributed by atoms with Crippen LogP contribution in [0.4, 0.5) is 5.69 Å². The molecule has 0 unspecified atom stereocenters. The van der Waals surface area contributed by atoms with E-state index in [1.165, 1.54) is 6.08 Å². The first-order valence-corrected chi connectivity index (χ1v) is 9.44. The second-order valence-electron chi connectivity index (χ2n) is 6.62. The largest absolute Gasteiger partial charge is 0.493 e. The van der Waals surface area contributed by atoms with Crippen LogP contribution in [-0.4, -0.2) is 13.0 Å². The van der Waals surface area contributed by atoms with E-state index in [0.717, 1.165) is 11.1 Å². The Bertz CT molecular complexity index is 1100. The number of rotatable bonds is 7. The number of carbonyl (C=O) groups excluding carboxylic acids is 1. The smallest absolute Gasteiger partial charge is 0.266 e. The Kier molecular flexibility index (Phi) is 6.86. The van der Waals surface area contributed by atoms with E-state index in [0.29, 0.717) is 29.4 Å². The van der Waals surface area contributed by atoms with Gasteiger partial charge < -0.3 is 14.8 Å². The molecule has 0 atom stereocenters. The molecule has 1 amide bonds. The highest BCUT2D eigenvalue weighted by atomic mass is 16.5. The number of ether oxygens (including phenoxy) is 2. The number of nitrogens with zero attached hydrogens (tertiary/aromatic N) is 1. The van der Waals surface area contributed by atoms with Crippen LogP contribution in [0.1, 0.15) is 16.7 Å². The summed E-state index contributed by atoms with van der Waals surface area (Å²) < 4.78 is 11.3. The Morgan fingerprint density at radius 2 is 1.77 bits per heavy atom. The molecule has 0 spiro atoms. The Labute approximate surface area is 176 Å². The van der Waals surface area contributed by atoms with Crippen LogP contribution < -0.4 is 14.8 Å². The predicted octanol–water partition coefficient (Wildman–Crippen LogP) is 5.13. The van der Waals surface area contributed by atoms with Gasteiger partial charge in [-0.05, 0) is 47.9 Å². The summed E-state index contributed by atoms with van der Waals surface area (Å²) in [7, 11) is 1.55. The van der Waals surface area contributed by atoms with Gasteiger partial charge in [0.2, 0.25) is 0 Å². The Morgan fingerprint density at radius 3 is 2.47 bits per heavy atom. The molecule has 1 N–H and O–H groups in total. The number of nitriles is 1. The van der Waals surface area contributed by atoms with Crippen molar-refractivity contribution in [2.45, 2.75) is 13.5 Å². The number of amides is 1. The zero-order valence-electron chi connectivity index (χ0n) is 16.9. The Hall–Kier alpha value is -4.04. The van der Waals surface area contributed by atoms with Gasteiger partial charge in [-0.25, -0.2) is 0 Å². The van der Waals surface area contributed by atoms with Crippen LogP contribution in [0.5, 0.6) is 11.5 Å². The van der Waals surface area contributed by atoms with Crippen molar-refractivity contribution in [3.63, 3.8) is 0 Å². The number of methoxy groups -OCH3 is 1. The molecule has 5 heteroatoms. The van der Waals surface area contributed by atoms with Crippen molar-refractivity contribution in [2.24, 2.45) is 0 Å². The molecule has 3 rings (SSSR count). The first-order valence-electron chi connectivity index (χ1n) is 9.44. The van der Waals surface area contributed by atoms with Crippen LogP contribution in [-0.2, 0) is 11.4 Å². The minimum atomic E-state index is -0.463. The summed E-state index contributed by atoms with van der Waals surface area (Å²) in [6, 6.07) is 24.5. The molecular formula is C25H22N2O3. The molecule has 0 bridgehead atoms. The molecule has 0 aliphatic rings. The van der Waals surface area contributed by atoms with Crippen LogP contribution in [0.2, 0.25) is 0 Å². The fraction of sp³-hybridized carbons (Fsp3) is 0.120. The van der Waals surface area contributed by atoms with Crippen LogP contribution >= 0.6 is 0 Å². The fourth-order valence-electron chi connectivity index (χ4n) is 2.85. The van der Waals surface area contributed by atoms with E-state index in [2.05, 4.69) is 5.32 Å². The second-order valence-corrected chi connectivity index (χ2v) is 6.62. The quantitative estimate of drug-likeness (QED) is 0.442. The van der Waals surface area contributed by atoms with Gasteiger partial charge in [-0.1, -0.05) is 54.6 Å². The lowest BCUT2D eigenvalue weighted by atomic mass is 10.1. The highest BCUT2D eigenvalue weighted by Crippen LogP contribution is 2.30. The van der Waals surface area contributed by atoms with Gasteiger partial charge in [-0.3, -0.25) is 4.79 Å². The van der Waals surface area contributed by atoms with Gasteiger partial charge >= 0.3 is 0 Å². The molecule has 30 heavy (non-hydrogen) atoms. The summed E-state index contributed by atoms with van der Waals surface area (Å²) in [6.07, 6.45) is 1.52. The number of para-hydroxylation sites is 1. The maximum Gasteiger partial charge on any atom is 0.266 e. The van der Waals surface area contributed by atoms with Gasteiger partial charge in [0.15, 0.2) is 11.5 Å². The van der Waals surface area contributed by atoms with Crippen molar-refractivity contribution < 1.29 is 14.3 Å². The van der Waals surface area contributed by atoms with E-state index in [9.17, 15) is 10.1 Å². The molecule has 0 saturated heterocycles. The Morgan fingerprint density at radius 1 is 1.03 bits per heavy atom. The molecule has 150 valence electrons. The normalized spacial score (nSPS) is 10.8. The van der Waals surface area contributed by atoms with Gasteiger partial charge in [0.25, 0.3) is 5.91 Å². The third-order valence-electron chi connectivity index (χ3n) is 4.49. The van der Waals surface area contributed by atoms with Gasteiger partial charge in [0, 0.05) is 5.69 Å². The van der Waals surface area contributed by atoms with Crippen LogP contribution in [0.3, 0.4) is 0 Å². The molecule has 5 nitrogen and oxygen atoms in total. The summed E-state index contributed by atoms with van der Waals surface area (Å²) in [4.78, 5) is 12.5. The van der Waals surface area contributed by atoms with Crippen LogP contribution in [0.15, 0.2) is 78.4 Å². The van der Waals surface area contributed by atoms with Crippen molar-refractivity contribution in [3.05, 3.63) is 95.1 Å². The first-order chi connectivity index (χ1) is 14.6. The number of aryl methyl sites for hydroxylation is 1. The van der Waals surface area contributed by atoms with Crippen LogP contribution in [0, 0.1) is 18.3 Å². The van der Waals surface area contributed by atoms with Gasteiger partial charge in [0.1, 0.15) is 18.2 Å². The van der Waals surface area contributed by atoms with Crippen LogP contribution in [0.25, 0.3) is 6.08 Å². The lowest BCUT2D eigenvalue weighted by molar-refractivity contribution is -0.112. The molecule has 0 aliphatic carbocycles. The fourth-order valence-corrected chi connectivity index (χ4v) is 2.85. The molecule has 0 fully saturated rings. The molecule has 0 heterocycles. The molecule has 0 radical (unpaired) electrons. The number of anilines is 1. The monoisotopic (exact) mass is 398 g/mol. The van der Waals surface area contributed by atoms with Crippen molar-refractivity contribution in [2.75, 3.05) is 12.4 Å². The lowest BCUT2D eigenvalue weighted by Crippen LogP contribution is -2.14. The van der Waals surface area contributed by atoms with Crippen molar-refractivity contribution >= 4 is 17.7 Å². The topological polar surface area (TPSA) is 71.3 Å². The third kappa shape index (κ3) is 5.27. The number of hydrogen-bond acceptors (Lipinski definition) is 4. The summed E-state index contributed by atoms with van der Waals surface area (Å²) in [5.41, 5.74) is 3.30. The van der Waals surface area contributed by atoms with E-state index in [4.69, 9.17) is 9.47 Å². The van der Waals surface area contributed by atoms with Crippen molar-refractivity contribution in [3.8, 4) is 17.6 Å². The maximum absolute atomic E-state index is 12.5. The average molecular weight is 398 g/mol. The highest BCUT2D eigenvalue weighted by Gasteiger charge is 2.12. The van der Waals surface area contributed by atoms with Gasteiger partial charge in [-0.15, -0.1) is 0 Å². The number of carbonyl (C=O) groups is 1. The molecule has 3 aromatic rings. The molecule has 0 aromatic heterocycles. The van der Waals surface area contributed by atoms with Crippen molar-refractivity contribution in [1.29, 1.82) is 5.26 Å². The third-order valence-corrected chi connectivity index (χ3v) is 4.49. The minimum absolute atomic E-state index is 0.00161. The summed E-state index contributed by atoms with van der Waals surface area (Å²) in [5.74, 6) is 0.646. The highest BCUT2D eigenvalue weighted by molar-refractivity contribution is 6.10. The first kappa shape index (κ1) is 20.7. The molecule has 0 saturated carbocycles. The van der Waals surface area contributed by atoms with E-state index in [-0.39, 0.29) is 5.57 Å². The average Bonchev–Trinajstić information content (AvgIpc) is 2.78. The van der Waals surface area contributed by atoms with Crippen molar-refractivity contribution in [1.82, 2.24) is 0 Å². The standard InChI is InChI=1S/C25H22N2O3/c1-18-8-6-7-11-22(18)27-25(28)21(16-26)14-20-12-13-23(24(15-20)29-2)30-17-19-9-4-3-5-10-19/h3-15H,17H2,1-2H3,(H,27,28)/b21-14+. The predicted molar refractivity (Wildman–Crippen MR) is 117 cm³/mol. The lowest BCUT2D eigenvalue weighted by Gasteiger charge is -2.12. The maximum atomic E-state index is 12.5. The SMILES string of the molecule is COc1cc(/C=C(\C#N)C(=O)Nc2ccccc2C)ccc1OCc1ccccc1. The number of hydrogen-bond donors (Lipinski definition) is 1. The molecule has 3 aromatic carbocycles. The summed E-state index contributed by atoms with van der Waals surface area (Å²) in [5, 5.41) is 12.2. The summed E-state index contributed by atoms with van der Waals surface area (Å²) >= 11 is 0. The van der Waals surface area contributed by atoms with E-state index in [1.807, 2.05) is 61.5 Å². The van der Waals surface area contributed by atoms with Gasteiger partial charge in [-0.2, -0.15) is 5.26 Å². The van der Waals surface area contributed by atoms with E-state index >= 15 is 0 Å². The summed E-state index contributed by atoms with van der Waals surface area (Å²) in [6.45, 7) is 2.30. The van der Waals surface area contributed by atoms with E-state index in [1.54, 1.807) is 31.4 Å². The zero-order chi connectivity index (χ0) is 21.3. The second kappa shape index (κ2) is 9.94. The van der Waals surface area contributed by atoms with Gasteiger partial charge in [0.05, 0.1) is 7.11 Å². The Balaban J connectivity index is 1.76. The number of nitrogens with one attached hydrogen (secondary N) is 1. The minimum Gasteiger partial charge on any atom is -0.493 e.